The molecule has 0 saturated heterocycles. The Labute approximate surface area is 93.0 Å². The van der Waals surface area contributed by atoms with Crippen LogP contribution in [-0.4, -0.2) is 16.5 Å². The Morgan fingerprint density at radius 1 is 1.24 bits per heavy atom. The fourth-order valence-electron chi connectivity index (χ4n) is 1.21. The van der Waals surface area contributed by atoms with Gasteiger partial charge in [0.15, 0.2) is 0 Å². The first-order chi connectivity index (χ1) is 7.96. The molecule has 17 heavy (non-hydrogen) atoms. The standard InChI is InChI=1S/C9H6F3N3O2/c10-9(11,12)16-6-4-2-1-3-5(6)7-14-8(13)17-15-7/h1-4H,(H2,13,14,15). The van der Waals surface area contributed by atoms with E-state index >= 15 is 0 Å². The van der Waals surface area contributed by atoms with Gasteiger partial charge in [-0.05, 0) is 12.1 Å². The Balaban J connectivity index is 2.41. The fraction of sp³-hybridized carbons (Fsp3) is 0.111. The average Bonchev–Trinajstić information content (AvgIpc) is 2.63. The Morgan fingerprint density at radius 2 is 1.94 bits per heavy atom. The van der Waals surface area contributed by atoms with Crippen molar-refractivity contribution in [2.24, 2.45) is 0 Å². The Morgan fingerprint density at radius 3 is 2.53 bits per heavy atom. The van der Waals surface area contributed by atoms with E-state index in [1.165, 1.54) is 18.2 Å². The molecule has 0 aliphatic rings. The van der Waals surface area contributed by atoms with Gasteiger partial charge in [0.25, 0.3) is 0 Å². The summed E-state index contributed by atoms with van der Waals surface area (Å²) in [5, 5.41) is 3.42. The second-order valence-electron chi connectivity index (χ2n) is 3.00. The van der Waals surface area contributed by atoms with Gasteiger partial charge in [-0.3, -0.25) is 0 Å². The summed E-state index contributed by atoms with van der Waals surface area (Å²) in [6.07, 6.45) is -4.79. The molecule has 0 saturated carbocycles. The molecule has 0 atom stereocenters. The minimum Gasteiger partial charge on any atom is -0.405 e. The van der Waals surface area contributed by atoms with Gasteiger partial charge in [-0.15, -0.1) is 13.2 Å². The van der Waals surface area contributed by atoms with Gasteiger partial charge in [0, 0.05) is 0 Å². The highest BCUT2D eigenvalue weighted by atomic mass is 19.4. The number of benzene rings is 1. The Kier molecular flexibility index (Phi) is 2.62. The highest BCUT2D eigenvalue weighted by molar-refractivity contribution is 5.64. The van der Waals surface area contributed by atoms with Gasteiger partial charge >= 0.3 is 12.4 Å². The van der Waals surface area contributed by atoms with Gasteiger partial charge in [-0.1, -0.05) is 17.3 Å². The second-order valence-corrected chi connectivity index (χ2v) is 3.00. The first-order valence-corrected chi connectivity index (χ1v) is 4.40. The molecule has 0 bridgehead atoms. The molecule has 8 heteroatoms. The SMILES string of the molecule is Nc1nc(-c2ccccc2OC(F)(F)F)no1. The lowest BCUT2D eigenvalue weighted by Crippen LogP contribution is -2.17. The number of hydrogen-bond donors (Lipinski definition) is 1. The summed E-state index contributed by atoms with van der Waals surface area (Å²) in [7, 11) is 0. The minimum atomic E-state index is -4.79. The van der Waals surface area contributed by atoms with E-state index in [0.717, 1.165) is 6.07 Å². The maximum absolute atomic E-state index is 12.1. The molecule has 0 amide bonds. The highest BCUT2D eigenvalue weighted by Gasteiger charge is 2.32. The number of para-hydroxylation sites is 1. The van der Waals surface area contributed by atoms with Gasteiger partial charge in [-0.25, -0.2) is 0 Å². The average molecular weight is 245 g/mol. The maximum Gasteiger partial charge on any atom is 0.573 e. The zero-order valence-corrected chi connectivity index (χ0v) is 8.23. The maximum atomic E-state index is 12.1. The molecule has 90 valence electrons. The Bertz CT molecular complexity index is 524. The number of alkyl halides is 3. The van der Waals surface area contributed by atoms with Crippen molar-refractivity contribution in [1.82, 2.24) is 10.1 Å². The molecule has 2 N–H and O–H groups in total. The van der Waals surface area contributed by atoms with Crippen molar-refractivity contribution >= 4 is 6.01 Å². The minimum absolute atomic E-state index is 0.0466. The van der Waals surface area contributed by atoms with Crippen molar-refractivity contribution in [3.8, 4) is 17.1 Å². The topological polar surface area (TPSA) is 74.2 Å². The number of ether oxygens (including phenoxy) is 1. The summed E-state index contributed by atoms with van der Waals surface area (Å²) < 4.78 is 44.7. The number of nitrogens with two attached hydrogens (primary N) is 1. The molecular formula is C9H6F3N3O2. The zero-order valence-electron chi connectivity index (χ0n) is 8.23. The highest BCUT2D eigenvalue weighted by Crippen LogP contribution is 2.32. The number of rotatable bonds is 2. The van der Waals surface area contributed by atoms with Crippen molar-refractivity contribution in [3.05, 3.63) is 24.3 Å². The number of hydrogen-bond acceptors (Lipinski definition) is 5. The van der Waals surface area contributed by atoms with Crippen LogP contribution in [0.3, 0.4) is 0 Å². The van der Waals surface area contributed by atoms with Crippen LogP contribution in [0, 0.1) is 0 Å². The van der Waals surface area contributed by atoms with E-state index in [0.29, 0.717) is 0 Å². The Hall–Kier alpha value is -2.25. The molecular weight excluding hydrogens is 239 g/mol. The lowest BCUT2D eigenvalue weighted by atomic mass is 10.2. The summed E-state index contributed by atoms with van der Waals surface area (Å²) in [5.41, 5.74) is 5.24. The van der Waals surface area contributed by atoms with Crippen LogP contribution in [0.15, 0.2) is 28.8 Å². The van der Waals surface area contributed by atoms with E-state index in [4.69, 9.17) is 5.73 Å². The third kappa shape index (κ3) is 2.65. The van der Waals surface area contributed by atoms with Gasteiger partial charge in [0.2, 0.25) is 5.82 Å². The van der Waals surface area contributed by atoms with Gasteiger partial charge in [0.1, 0.15) is 5.75 Å². The van der Waals surface area contributed by atoms with Crippen LogP contribution < -0.4 is 10.5 Å². The lowest BCUT2D eigenvalue weighted by molar-refractivity contribution is -0.274. The van der Waals surface area contributed by atoms with Crippen LogP contribution in [-0.2, 0) is 0 Å². The van der Waals surface area contributed by atoms with E-state index in [-0.39, 0.29) is 17.4 Å². The third-order valence-corrected chi connectivity index (χ3v) is 1.80. The van der Waals surface area contributed by atoms with Gasteiger partial charge in [0.05, 0.1) is 5.56 Å². The van der Waals surface area contributed by atoms with Crippen LogP contribution in [0.25, 0.3) is 11.4 Å². The summed E-state index contributed by atoms with van der Waals surface area (Å²) in [6, 6.07) is 5.20. The molecule has 0 unspecified atom stereocenters. The van der Waals surface area contributed by atoms with Gasteiger partial charge < -0.3 is 15.0 Å². The fourth-order valence-corrected chi connectivity index (χ4v) is 1.21. The molecule has 2 aromatic rings. The molecule has 0 radical (unpaired) electrons. The number of nitrogens with zero attached hydrogens (tertiary/aromatic N) is 2. The van der Waals surface area contributed by atoms with Crippen LogP contribution in [0.1, 0.15) is 0 Å². The molecule has 0 fully saturated rings. The van der Waals surface area contributed by atoms with E-state index in [2.05, 4.69) is 19.4 Å². The van der Waals surface area contributed by atoms with Crippen molar-refractivity contribution in [2.75, 3.05) is 5.73 Å². The molecule has 1 aromatic carbocycles. The van der Waals surface area contributed by atoms with Crippen LogP contribution >= 0.6 is 0 Å². The normalized spacial score (nSPS) is 11.5. The molecule has 5 nitrogen and oxygen atoms in total. The van der Waals surface area contributed by atoms with E-state index in [1.54, 1.807) is 0 Å². The zero-order chi connectivity index (χ0) is 12.5. The van der Waals surface area contributed by atoms with Crippen molar-refractivity contribution < 1.29 is 22.4 Å². The van der Waals surface area contributed by atoms with Crippen molar-refractivity contribution in [1.29, 1.82) is 0 Å². The molecule has 0 aliphatic carbocycles. The summed E-state index contributed by atoms with van der Waals surface area (Å²) in [6.45, 7) is 0. The molecule has 1 heterocycles. The summed E-state index contributed by atoms with van der Waals surface area (Å²) >= 11 is 0. The number of anilines is 1. The quantitative estimate of drug-likeness (QED) is 0.877. The van der Waals surface area contributed by atoms with Crippen LogP contribution in [0.2, 0.25) is 0 Å². The molecule has 1 aromatic heterocycles. The predicted octanol–water partition coefficient (Wildman–Crippen LogP) is 2.22. The van der Waals surface area contributed by atoms with E-state index < -0.39 is 12.1 Å². The number of halogens is 3. The predicted molar refractivity (Wildman–Crippen MR) is 50.8 cm³/mol. The molecule has 2 rings (SSSR count). The smallest absolute Gasteiger partial charge is 0.405 e. The largest absolute Gasteiger partial charge is 0.573 e. The lowest BCUT2D eigenvalue weighted by Gasteiger charge is -2.10. The van der Waals surface area contributed by atoms with Crippen molar-refractivity contribution in [2.45, 2.75) is 6.36 Å². The van der Waals surface area contributed by atoms with Crippen LogP contribution in [0.5, 0.6) is 5.75 Å². The third-order valence-electron chi connectivity index (χ3n) is 1.80. The summed E-state index contributed by atoms with van der Waals surface area (Å²) in [5.74, 6) is -0.483. The van der Waals surface area contributed by atoms with E-state index in [1.807, 2.05) is 0 Å². The first kappa shape index (κ1) is 11.2. The summed E-state index contributed by atoms with van der Waals surface area (Å²) in [4.78, 5) is 3.62. The number of aromatic nitrogens is 2. The van der Waals surface area contributed by atoms with Gasteiger partial charge in [-0.2, -0.15) is 4.98 Å². The monoisotopic (exact) mass is 245 g/mol. The number of nitrogen functional groups attached to an aromatic ring is 1. The van der Waals surface area contributed by atoms with E-state index in [9.17, 15) is 13.2 Å². The second kappa shape index (κ2) is 3.96. The molecule has 0 aliphatic heterocycles. The molecule has 0 spiro atoms. The first-order valence-electron chi connectivity index (χ1n) is 4.40. The van der Waals surface area contributed by atoms with Crippen LogP contribution in [0.4, 0.5) is 19.2 Å². The van der Waals surface area contributed by atoms with Crippen molar-refractivity contribution in [3.63, 3.8) is 0 Å².